The number of tetrazole rings is 1. The molecular weight excluding hydrogens is 378 g/mol. The summed E-state index contributed by atoms with van der Waals surface area (Å²) in [6, 6.07) is 10.5. The summed E-state index contributed by atoms with van der Waals surface area (Å²) in [5, 5.41) is 10.9. The molecule has 3 heterocycles. The molecule has 1 saturated carbocycles. The maximum absolute atomic E-state index is 5.66. The maximum atomic E-state index is 5.66. The van der Waals surface area contributed by atoms with Gasteiger partial charge in [-0.2, -0.15) is 4.68 Å². The van der Waals surface area contributed by atoms with Gasteiger partial charge in [-0.3, -0.25) is 4.90 Å². The second-order valence-corrected chi connectivity index (χ2v) is 8.52. The lowest BCUT2D eigenvalue weighted by atomic mass is 9.96. The number of hydrogen-bond donors (Lipinski definition) is 0. The van der Waals surface area contributed by atoms with Gasteiger partial charge in [0.2, 0.25) is 4.77 Å². The van der Waals surface area contributed by atoms with Crippen molar-refractivity contribution >= 4 is 23.6 Å². The summed E-state index contributed by atoms with van der Waals surface area (Å²) in [5.74, 6) is 1.58. The van der Waals surface area contributed by atoms with Crippen LogP contribution in [0.15, 0.2) is 35.7 Å². The molecule has 1 fully saturated rings. The monoisotopic (exact) mass is 399 g/mol. The highest BCUT2D eigenvalue weighted by Gasteiger charge is 2.40. The first-order valence-electron chi connectivity index (χ1n) is 9.22. The Morgan fingerprint density at radius 3 is 2.74 bits per heavy atom. The minimum Gasteiger partial charge on any atom is -0.497 e. The molecule has 5 rings (SSSR count). The molecule has 1 aliphatic carbocycles. The summed E-state index contributed by atoms with van der Waals surface area (Å²) in [4.78, 5) is 4.07. The lowest BCUT2D eigenvalue weighted by molar-refractivity contribution is 0.116. The Bertz CT molecular complexity index is 1000. The van der Waals surface area contributed by atoms with Crippen molar-refractivity contribution in [3.05, 3.63) is 50.9 Å². The molecule has 0 radical (unpaired) electrons. The zero-order valence-corrected chi connectivity index (χ0v) is 16.7. The third-order valence-electron chi connectivity index (χ3n) is 5.46. The van der Waals surface area contributed by atoms with E-state index in [1.165, 1.54) is 18.4 Å². The van der Waals surface area contributed by atoms with Crippen LogP contribution in [0.2, 0.25) is 0 Å². The van der Waals surface area contributed by atoms with Gasteiger partial charge < -0.3 is 4.74 Å². The van der Waals surface area contributed by atoms with Crippen LogP contribution in [0.3, 0.4) is 0 Å². The highest BCUT2D eigenvalue weighted by Crippen LogP contribution is 2.48. The van der Waals surface area contributed by atoms with Crippen LogP contribution >= 0.6 is 23.6 Å². The Balaban J connectivity index is 1.41. The predicted molar refractivity (Wildman–Crippen MR) is 107 cm³/mol. The Labute approximate surface area is 167 Å². The van der Waals surface area contributed by atoms with Gasteiger partial charge in [0.1, 0.15) is 5.75 Å². The standard InChI is InChI=1S/C19H21N5OS2/c1-25-15-6-4-14(5-7-15)24-19(26)23(20-21-24)12-22-10-8-17-16(9-11-27-17)18(22)13-2-3-13/h4-7,9,11,13,18H,2-3,8,10,12H2,1H3/t18-/m1/s1. The normalized spacial score (nSPS) is 19.8. The molecular formula is C19H21N5OS2. The van der Waals surface area contributed by atoms with E-state index in [9.17, 15) is 0 Å². The third kappa shape index (κ3) is 3.11. The van der Waals surface area contributed by atoms with Crippen LogP contribution in [0.5, 0.6) is 5.75 Å². The lowest BCUT2D eigenvalue weighted by Gasteiger charge is -2.35. The first-order valence-corrected chi connectivity index (χ1v) is 10.5. The summed E-state index contributed by atoms with van der Waals surface area (Å²) in [6.07, 6.45) is 3.75. The minimum absolute atomic E-state index is 0.494. The van der Waals surface area contributed by atoms with Gasteiger partial charge in [-0.1, -0.05) is 0 Å². The number of aromatic nitrogens is 4. The Kier molecular flexibility index (Phi) is 4.34. The van der Waals surface area contributed by atoms with E-state index in [4.69, 9.17) is 17.0 Å². The van der Waals surface area contributed by atoms with E-state index in [0.29, 0.717) is 17.5 Å². The first-order chi connectivity index (χ1) is 13.2. The van der Waals surface area contributed by atoms with Gasteiger partial charge in [0, 0.05) is 17.5 Å². The summed E-state index contributed by atoms with van der Waals surface area (Å²) in [7, 11) is 1.66. The Hall–Kier alpha value is -2.03. The van der Waals surface area contributed by atoms with E-state index < -0.39 is 0 Å². The highest BCUT2D eigenvalue weighted by atomic mass is 32.1. The van der Waals surface area contributed by atoms with Gasteiger partial charge in [-0.05, 0) is 89.1 Å². The topological polar surface area (TPSA) is 48.1 Å². The average molecular weight is 400 g/mol. The molecule has 0 spiro atoms. The molecule has 0 N–H and O–H groups in total. The van der Waals surface area contributed by atoms with Crippen molar-refractivity contribution in [3.63, 3.8) is 0 Å². The number of nitrogens with zero attached hydrogens (tertiary/aromatic N) is 5. The van der Waals surface area contributed by atoms with E-state index >= 15 is 0 Å². The van der Waals surface area contributed by atoms with Crippen LogP contribution in [0, 0.1) is 10.7 Å². The van der Waals surface area contributed by atoms with Crippen LogP contribution in [0.4, 0.5) is 0 Å². The molecule has 8 heteroatoms. The van der Waals surface area contributed by atoms with Gasteiger partial charge in [-0.15, -0.1) is 11.3 Å². The van der Waals surface area contributed by atoms with Gasteiger partial charge in [-0.25, -0.2) is 4.68 Å². The molecule has 0 amide bonds. The quantitative estimate of drug-likeness (QED) is 0.610. The Morgan fingerprint density at radius 2 is 2.00 bits per heavy atom. The van der Waals surface area contributed by atoms with Gasteiger partial charge in [0.25, 0.3) is 0 Å². The fourth-order valence-corrected chi connectivity index (χ4v) is 5.09. The van der Waals surface area contributed by atoms with Crippen LogP contribution in [-0.4, -0.2) is 38.3 Å². The zero-order valence-electron chi connectivity index (χ0n) is 15.1. The Morgan fingerprint density at radius 1 is 1.19 bits per heavy atom. The van der Waals surface area contributed by atoms with E-state index in [1.54, 1.807) is 16.7 Å². The number of ether oxygens (including phenoxy) is 1. The average Bonchev–Trinajstić information content (AvgIpc) is 3.31. The molecule has 1 aromatic carbocycles. The molecule has 140 valence electrons. The summed E-state index contributed by atoms with van der Waals surface area (Å²) < 4.78 is 9.39. The number of methoxy groups -OCH3 is 1. The van der Waals surface area contributed by atoms with Crippen molar-refractivity contribution in [3.8, 4) is 11.4 Å². The minimum atomic E-state index is 0.494. The highest BCUT2D eigenvalue weighted by molar-refractivity contribution is 7.71. The van der Waals surface area contributed by atoms with Crippen LogP contribution in [0.25, 0.3) is 5.69 Å². The summed E-state index contributed by atoms with van der Waals surface area (Å²) in [5.41, 5.74) is 2.41. The number of thiophene rings is 1. The molecule has 1 atom stereocenters. The third-order valence-corrected chi connectivity index (χ3v) is 6.84. The van der Waals surface area contributed by atoms with Gasteiger partial charge >= 0.3 is 0 Å². The second kappa shape index (κ2) is 6.85. The maximum Gasteiger partial charge on any atom is 0.221 e. The van der Waals surface area contributed by atoms with Crippen molar-refractivity contribution in [1.29, 1.82) is 0 Å². The molecule has 0 unspecified atom stereocenters. The summed E-state index contributed by atoms with van der Waals surface area (Å²) >= 11 is 7.56. The smallest absolute Gasteiger partial charge is 0.221 e. The van der Waals surface area contributed by atoms with E-state index in [1.807, 2.05) is 40.3 Å². The fraction of sp³-hybridized carbons (Fsp3) is 0.421. The van der Waals surface area contributed by atoms with Crippen LogP contribution < -0.4 is 4.74 Å². The number of hydrogen-bond acceptors (Lipinski definition) is 6. The van der Waals surface area contributed by atoms with Crippen molar-refractivity contribution in [2.75, 3.05) is 13.7 Å². The summed E-state index contributed by atoms with van der Waals surface area (Å²) in [6.45, 7) is 1.73. The number of benzene rings is 1. The van der Waals surface area contributed by atoms with E-state index in [0.717, 1.165) is 30.3 Å². The number of rotatable bonds is 5. The van der Waals surface area contributed by atoms with Crippen LogP contribution in [-0.2, 0) is 13.1 Å². The molecule has 0 saturated heterocycles. The predicted octanol–water partition coefficient (Wildman–Crippen LogP) is 3.84. The molecule has 3 aromatic rings. The van der Waals surface area contributed by atoms with E-state index in [2.05, 4.69) is 26.8 Å². The molecule has 0 bridgehead atoms. The lowest BCUT2D eigenvalue weighted by Crippen LogP contribution is -2.37. The molecule has 6 nitrogen and oxygen atoms in total. The molecule has 2 aliphatic rings. The SMILES string of the molecule is COc1ccc(-n2nnn(CN3CCc4sccc4[C@H]3C3CC3)c2=S)cc1. The zero-order chi connectivity index (χ0) is 18.4. The van der Waals surface area contributed by atoms with Crippen molar-refractivity contribution < 1.29 is 4.74 Å². The largest absolute Gasteiger partial charge is 0.497 e. The second-order valence-electron chi connectivity index (χ2n) is 7.16. The van der Waals surface area contributed by atoms with E-state index in [-0.39, 0.29) is 0 Å². The fourth-order valence-electron chi connectivity index (χ4n) is 3.94. The van der Waals surface area contributed by atoms with Crippen LogP contribution in [0.1, 0.15) is 29.3 Å². The first kappa shape index (κ1) is 17.1. The van der Waals surface area contributed by atoms with Crippen molar-refractivity contribution in [2.24, 2.45) is 5.92 Å². The van der Waals surface area contributed by atoms with Gasteiger partial charge in [0.15, 0.2) is 0 Å². The molecule has 2 aromatic heterocycles. The number of fused-ring (bicyclic) bond motifs is 1. The van der Waals surface area contributed by atoms with Crippen molar-refractivity contribution in [1.82, 2.24) is 24.7 Å². The molecule has 1 aliphatic heterocycles. The molecule has 27 heavy (non-hydrogen) atoms. The van der Waals surface area contributed by atoms with Gasteiger partial charge in [0.05, 0.1) is 19.5 Å². The van der Waals surface area contributed by atoms with Crippen molar-refractivity contribution in [2.45, 2.75) is 32.0 Å².